The third-order valence-corrected chi connectivity index (χ3v) is 5.79. The van der Waals surface area contributed by atoms with Crippen LogP contribution in [0, 0.1) is 0 Å². The van der Waals surface area contributed by atoms with Crippen molar-refractivity contribution in [2.24, 2.45) is 4.99 Å². The van der Waals surface area contributed by atoms with Crippen LogP contribution in [-0.2, 0) is 16.1 Å². The molecule has 0 unspecified atom stereocenters. The molecule has 0 aromatic heterocycles. The van der Waals surface area contributed by atoms with Crippen LogP contribution in [0.2, 0.25) is 5.02 Å². The topological polar surface area (TPSA) is 86.3 Å². The lowest BCUT2D eigenvalue weighted by Gasteiger charge is -2.37. The van der Waals surface area contributed by atoms with E-state index >= 15 is 0 Å². The third kappa shape index (κ3) is 5.38. The molecular formula is C23H26ClN5O3. The molecule has 1 atom stereocenters. The molecule has 2 heterocycles. The summed E-state index contributed by atoms with van der Waals surface area (Å²) in [5.74, 6) is 0.348. The number of piperazine rings is 1. The van der Waals surface area contributed by atoms with Gasteiger partial charge >= 0.3 is 0 Å². The Morgan fingerprint density at radius 1 is 1.19 bits per heavy atom. The Kier molecular flexibility index (Phi) is 6.92. The van der Waals surface area contributed by atoms with Crippen molar-refractivity contribution in [1.82, 2.24) is 15.1 Å². The first-order chi connectivity index (χ1) is 15.5. The minimum Gasteiger partial charge on any atom is -0.495 e. The Morgan fingerprint density at radius 3 is 2.66 bits per heavy atom. The number of aliphatic imine (C=N–C) groups is 1. The van der Waals surface area contributed by atoms with Crippen molar-refractivity contribution in [2.45, 2.75) is 19.0 Å². The molecule has 0 saturated carbocycles. The van der Waals surface area contributed by atoms with Gasteiger partial charge in [-0.3, -0.25) is 19.8 Å². The van der Waals surface area contributed by atoms with Crippen LogP contribution in [0.3, 0.4) is 0 Å². The fourth-order valence-corrected chi connectivity index (χ4v) is 4.01. The van der Waals surface area contributed by atoms with Crippen molar-refractivity contribution >= 4 is 35.1 Å². The van der Waals surface area contributed by atoms with Gasteiger partial charge < -0.3 is 15.0 Å². The molecular weight excluding hydrogens is 430 g/mol. The molecule has 2 aliphatic rings. The zero-order chi connectivity index (χ0) is 22.5. The van der Waals surface area contributed by atoms with Crippen LogP contribution < -0.4 is 15.4 Å². The number of guanidine groups is 1. The summed E-state index contributed by atoms with van der Waals surface area (Å²) >= 11 is 6.04. The fraction of sp³-hybridized carbons (Fsp3) is 0.348. The minimum atomic E-state index is -0.815. The SMILES string of the molecule is COc1ccc(Cl)cc1NC(=O)[C@@H]1CC(=O)NC(N2CCN(Cc3ccccc3)CC2)=N1. The van der Waals surface area contributed by atoms with Gasteiger partial charge in [0.2, 0.25) is 17.8 Å². The highest BCUT2D eigenvalue weighted by Gasteiger charge is 2.31. The van der Waals surface area contributed by atoms with Crippen LogP contribution in [0.1, 0.15) is 12.0 Å². The Hall–Kier alpha value is -3.10. The molecule has 0 spiro atoms. The second-order valence-corrected chi connectivity index (χ2v) is 8.24. The van der Waals surface area contributed by atoms with E-state index in [1.54, 1.807) is 18.2 Å². The van der Waals surface area contributed by atoms with Crippen LogP contribution >= 0.6 is 11.6 Å². The average Bonchev–Trinajstić information content (AvgIpc) is 2.80. The number of amides is 2. The van der Waals surface area contributed by atoms with Crippen molar-refractivity contribution in [2.75, 3.05) is 38.6 Å². The number of methoxy groups -OCH3 is 1. The molecule has 2 amide bonds. The normalized spacial score (nSPS) is 19.2. The van der Waals surface area contributed by atoms with E-state index in [0.717, 1.165) is 32.7 Å². The first-order valence-electron chi connectivity index (χ1n) is 10.5. The second kappa shape index (κ2) is 10.0. The smallest absolute Gasteiger partial charge is 0.249 e. The molecule has 2 aromatic rings. The number of benzene rings is 2. The predicted octanol–water partition coefficient (Wildman–Crippen LogP) is 2.35. The van der Waals surface area contributed by atoms with Crippen LogP contribution in [0.25, 0.3) is 0 Å². The van der Waals surface area contributed by atoms with Crippen molar-refractivity contribution in [3.05, 3.63) is 59.1 Å². The molecule has 4 rings (SSSR count). The van der Waals surface area contributed by atoms with Gasteiger partial charge in [-0.2, -0.15) is 0 Å². The largest absolute Gasteiger partial charge is 0.495 e. The lowest BCUT2D eigenvalue weighted by atomic mass is 10.1. The quantitative estimate of drug-likeness (QED) is 0.722. The van der Waals surface area contributed by atoms with E-state index in [2.05, 4.69) is 32.7 Å². The Balaban J connectivity index is 1.39. The monoisotopic (exact) mass is 455 g/mol. The number of anilines is 1. The molecule has 32 heavy (non-hydrogen) atoms. The highest BCUT2D eigenvalue weighted by molar-refractivity contribution is 6.31. The van der Waals surface area contributed by atoms with Crippen molar-refractivity contribution in [3.8, 4) is 5.75 Å². The standard InChI is InChI=1S/C23H26ClN5O3/c1-32-20-8-7-17(24)13-18(20)25-22(31)19-14-21(30)27-23(26-19)29-11-9-28(10-12-29)15-16-5-3-2-4-6-16/h2-8,13,19H,9-12,14-15H2,1H3,(H,25,31)(H,26,27,30)/t19-/m0/s1. The van der Waals surface area contributed by atoms with Gasteiger partial charge in [0, 0.05) is 37.7 Å². The van der Waals surface area contributed by atoms with Crippen molar-refractivity contribution in [1.29, 1.82) is 0 Å². The van der Waals surface area contributed by atoms with Gasteiger partial charge in [-0.25, -0.2) is 4.99 Å². The maximum Gasteiger partial charge on any atom is 0.249 e. The Morgan fingerprint density at radius 2 is 1.94 bits per heavy atom. The average molecular weight is 456 g/mol. The number of carbonyl (C=O) groups excluding carboxylic acids is 2. The summed E-state index contributed by atoms with van der Waals surface area (Å²) in [5, 5.41) is 6.08. The summed E-state index contributed by atoms with van der Waals surface area (Å²) in [6, 6.07) is 14.5. The summed E-state index contributed by atoms with van der Waals surface area (Å²) in [6.07, 6.45) is -0.00775. The van der Waals surface area contributed by atoms with Gasteiger partial charge in [0.05, 0.1) is 19.2 Å². The summed E-state index contributed by atoms with van der Waals surface area (Å²) in [7, 11) is 1.51. The number of ether oxygens (including phenoxy) is 1. The number of carbonyl (C=O) groups is 2. The predicted molar refractivity (Wildman–Crippen MR) is 124 cm³/mol. The highest BCUT2D eigenvalue weighted by atomic mass is 35.5. The zero-order valence-corrected chi connectivity index (χ0v) is 18.6. The van der Waals surface area contributed by atoms with Gasteiger partial charge in [-0.1, -0.05) is 41.9 Å². The molecule has 1 saturated heterocycles. The molecule has 0 aliphatic carbocycles. The van der Waals surface area contributed by atoms with Gasteiger partial charge in [0.15, 0.2) is 0 Å². The number of hydrogen-bond donors (Lipinski definition) is 2. The van der Waals surface area contributed by atoms with E-state index in [1.165, 1.54) is 12.7 Å². The molecule has 8 nitrogen and oxygen atoms in total. The summed E-state index contributed by atoms with van der Waals surface area (Å²) in [6.45, 7) is 4.03. The van der Waals surface area contributed by atoms with E-state index in [4.69, 9.17) is 16.3 Å². The van der Waals surface area contributed by atoms with E-state index < -0.39 is 6.04 Å². The summed E-state index contributed by atoms with van der Waals surface area (Å²) in [4.78, 5) is 34.1. The highest BCUT2D eigenvalue weighted by Crippen LogP contribution is 2.28. The van der Waals surface area contributed by atoms with E-state index in [9.17, 15) is 9.59 Å². The summed E-state index contributed by atoms with van der Waals surface area (Å²) < 4.78 is 5.28. The van der Waals surface area contributed by atoms with Crippen LogP contribution in [0.5, 0.6) is 5.75 Å². The molecule has 1 fully saturated rings. The first kappa shape index (κ1) is 22.1. The van der Waals surface area contributed by atoms with E-state index in [0.29, 0.717) is 22.4 Å². The van der Waals surface area contributed by atoms with Crippen LogP contribution in [0.15, 0.2) is 53.5 Å². The molecule has 2 aromatic carbocycles. The minimum absolute atomic E-state index is 0.00775. The molecule has 168 valence electrons. The lowest BCUT2D eigenvalue weighted by Crippen LogP contribution is -2.56. The van der Waals surface area contributed by atoms with Crippen LogP contribution in [0.4, 0.5) is 5.69 Å². The first-order valence-corrected chi connectivity index (χ1v) is 10.9. The molecule has 0 radical (unpaired) electrons. The zero-order valence-electron chi connectivity index (χ0n) is 17.9. The molecule has 0 bridgehead atoms. The van der Waals surface area contributed by atoms with E-state index in [-0.39, 0.29) is 18.2 Å². The van der Waals surface area contributed by atoms with Gasteiger partial charge in [0.1, 0.15) is 11.8 Å². The molecule has 2 aliphatic heterocycles. The number of nitrogens with one attached hydrogen (secondary N) is 2. The summed E-state index contributed by atoms with van der Waals surface area (Å²) in [5.41, 5.74) is 1.72. The van der Waals surface area contributed by atoms with Crippen LogP contribution in [-0.4, -0.2) is 66.9 Å². The lowest BCUT2D eigenvalue weighted by molar-refractivity contribution is -0.125. The number of nitrogens with zero attached hydrogens (tertiary/aromatic N) is 3. The van der Waals surface area contributed by atoms with Gasteiger partial charge in [-0.05, 0) is 23.8 Å². The van der Waals surface area contributed by atoms with Crippen molar-refractivity contribution in [3.63, 3.8) is 0 Å². The maximum atomic E-state index is 12.9. The number of hydrogen-bond acceptors (Lipinski definition) is 6. The number of halogens is 1. The Bertz CT molecular complexity index is 1010. The van der Waals surface area contributed by atoms with E-state index in [1.807, 2.05) is 23.1 Å². The maximum absolute atomic E-state index is 12.9. The fourth-order valence-electron chi connectivity index (χ4n) is 3.84. The molecule has 2 N–H and O–H groups in total. The third-order valence-electron chi connectivity index (χ3n) is 5.55. The number of rotatable bonds is 5. The van der Waals surface area contributed by atoms with Gasteiger partial charge in [-0.15, -0.1) is 0 Å². The van der Waals surface area contributed by atoms with Crippen molar-refractivity contribution < 1.29 is 14.3 Å². The Labute approximate surface area is 192 Å². The van der Waals surface area contributed by atoms with Gasteiger partial charge in [0.25, 0.3) is 0 Å². The molecule has 9 heteroatoms. The second-order valence-electron chi connectivity index (χ2n) is 7.80.